The molecule has 0 radical (unpaired) electrons. The molecule has 1 aromatic heterocycles. The molecule has 9 heteroatoms. The molecular weight excluding hydrogens is 486 g/mol. The number of carbonyl (C=O) groups is 1. The summed E-state index contributed by atoms with van der Waals surface area (Å²) in [4.78, 5) is 16.5. The maximum Gasteiger partial charge on any atom is 0.303 e. The van der Waals surface area contributed by atoms with Gasteiger partial charge in [-0.25, -0.2) is 13.4 Å². The monoisotopic (exact) mass is 513 g/mol. The van der Waals surface area contributed by atoms with Gasteiger partial charge in [0.1, 0.15) is 22.2 Å². The van der Waals surface area contributed by atoms with Crippen LogP contribution in [0.2, 0.25) is 0 Å². The Kier molecular flexibility index (Phi) is 7.97. The first kappa shape index (κ1) is 25.1. The van der Waals surface area contributed by atoms with E-state index in [1.54, 1.807) is 18.0 Å². The van der Waals surface area contributed by atoms with Crippen LogP contribution >= 0.6 is 11.8 Å². The van der Waals surface area contributed by atoms with Crippen LogP contribution < -0.4 is 9.47 Å². The Hall–Kier alpha value is -3.04. The Morgan fingerprint density at radius 3 is 2.66 bits per heavy atom. The first-order chi connectivity index (χ1) is 16.8. The van der Waals surface area contributed by atoms with Gasteiger partial charge in [0.05, 0.1) is 18.8 Å². The van der Waals surface area contributed by atoms with Crippen molar-refractivity contribution in [2.45, 2.75) is 30.3 Å². The summed E-state index contributed by atoms with van der Waals surface area (Å²) >= 11 is 1.64. The van der Waals surface area contributed by atoms with Crippen molar-refractivity contribution in [2.24, 2.45) is 0 Å². The highest BCUT2D eigenvalue weighted by atomic mass is 32.2. The Bertz CT molecular complexity index is 1290. The van der Waals surface area contributed by atoms with Gasteiger partial charge in [0.15, 0.2) is 0 Å². The van der Waals surface area contributed by atoms with Gasteiger partial charge in [-0.2, -0.15) is 0 Å². The number of carboxylic acid groups (broad SMARTS) is 1. The van der Waals surface area contributed by atoms with Crippen LogP contribution in [0.25, 0.3) is 11.1 Å². The van der Waals surface area contributed by atoms with Crippen molar-refractivity contribution in [3.05, 3.63) is 71.9 Å². The van der Waals surface area contributed by atoms with Crippen LogP contribution in [-0.4, -0.2) is 48.8 Å². The minimum absolute atomic E-state index is 0.00462. The Balaban J connectivity index is 1.34. The van der Waals surface area contributed by atoms with Gasteiger partial charge in [-0.15, -0.1) is 11.8 Å². The van der Waals surface area contributed by atoms with Gasteiger partial charge in [-0.3, -0.25) is 4.79 Å². The zero-order valence-electron chi connectivity index (χ0n) is 19.3. The molecule has 0 saturated heterocycles. The Labute approximate surface area is 209 Å². The molecule has 7 nitrogen and oxygen atoms in total. The molecule has 35 heavy (non-hydrogen) atoms. The molecule has 0 bridgehead atoms. The quantitative estimate of drug-likeness (QED) is 0.365. The highest BCUT2D eigenvalue weighted by Crippen LogP contribution is 2.42. The Morgan fingerprint density at radius 1 is 1.11 bits per heavy atom. The molecule has 0 unspecified atom stereocenters. The normalized spacial score (nSPS) is 14.9. The lowest BCUT2D eigenvalue weighted by molar-refractivity contribution is -0.137. The number of hydrogen-bond acceptors (Lipinski definition) is 7. The predicted octanol–water partition coefficient (Wildman–Crippen LogP) is 4.81. The summed E-state index contributed by atoms with van der Waals surface area (Å²) in [5.74, 6) is 1.29. The second-order valence-corrected chi connectivity index (χ2v) is 11.8. The van der Waals surface area contributed by atoms with Crippen molar-refractivity contribution < 1.29 is 27.8 Å². The molecule has 1 aliphatic rings. The fraction of sp³-hybridized carbons (Fsp3) is 0.308. The molecule has 0 aliphatic carbocycles. The second-order valence-electron chi connectivity index (χ2n) is 8.51. The van der Waals surface area contributed by atoms with E-state index >= 15 is 0 Å². The molecule has 0 saturated carbocycles. The van der Waals surface area contributed by atoms with E-state index < -0.39 is 15.8 Å². The number of pyridine rings is 1. The lowest BCUT2D eigenvalue weighted by atomic mass is 10.00. The predicted molar refractivity (Wildman–Crippen MR) is 136 cm³/mol. The van der Waals surface area contributed by atoms with Gasteiger partial charge in [0.2, 0.25) is 5.88 Å². The van der Waals surface area contributed by atoms with E-state index in [0.29, 0.717) is 31.3 Å². The molecule has 0 fully saturated rings. The third kappa shape index (κ3) is 7.22. The summed E-state index contributed by atoms with van der Waals surface area (Å²) in [6.45, 7) is 0.721. The number of benzene rings is 2. The summed E-state index contributed by atoms with van der Waals surface area (Å²) in [5, 5.41) is 9.07. The third-order valence-electron chi connectivity index (χ3n) is 5.60. The topological polar surface area (TPSA) is 103 Å². The van der Waals surface area contributed by atoms with Crippen molar-refractivity contribution in [2.75, 3.05) is 24.4 Å². The molecule has 0 spiro atoms. The molecule has 1 N–H and O–H groups in total. The number of thioether (sulfide) groups is 1. The number of fused-ring (bicyclic) bond motifs is 1. The summed E-state index contributed by atoms with van der Waals surface area (Å²) in [7, 11) is -2.97. The SMILES string of the molecule is CS(=O)(=O)CCCOc1ccc(-c2cccc(COc3cc4c(cn3)[C@H](CC(=O)O)CS4)c2)cc1. The molecule has 4 rings (SSSR count). The van der Waals surface area contributed by atoms with Crippen molar-refractivity contribution >= 4 is 27.6 Å². The van der Waals surface area contributed by atoms with Crippen LogP contribution in [-0.2, 0) is 21.2 Å². The van der Waals surface area contributed by atoms with E-state index in [0.717, 1.165) is 32.9 Å². The first-order valence-electron chi connectivity index (χ1n) is 11.2. The standard InChI is InChI=1S/C26H27NO6S2/c1-35(30,31)11-3-10-32-22-8-6-19(7-9-22)20-5-2-4-18(12-20)16-33-25-14-24-23(15-27-25)21(17-34-24)13-26(28)29/h2,4-9,12,14-15,21H,3,10-11,13,16-17H2,1H3,(H,28,29)/t21-/m1/s1. The molecule has 0 amide bonds. The highest BCUT2D eigenvalue weighted by Gasteiger charge is 2.26. The minimum Gasteiger partial charge on any atom is -0.494 e. The largest absolute Gasteiger partial charge is 0.494 e. The molecule has 1 aliphatic heterocycles. The molecule has 2 aromatic carbocycles. The van der Waals surface area contributed by atoms with Gasteiger partial charge >= 0.3 is 5.97 Å². The minimum atomic E-state index is -2.97. The molecule has 2 heterocycles. The molecule has 184 valence electrons. The number of rotatable bonds is 11. The van der Waals surface area contributed by atoms with Gasteiger partial charge < -0.3 is 14.6 Å². The fourth-order valence-corrected chi connectivity index (χ4v) is 5.74. The van der Waals surface area contributed by atoms with Crippen LogP contribution in [0.1, 0.15) is 29.9 Å². The van der Waals surface area contributed by atoms with Gasteiger partial charge in [0, 0.05) is 35.1 Å². The average Bonchev–Trinajstić information content (AvgIpc) is 3.22. The van der Waals surface area contributed by atoms with Crippen molar-refractivity contribution in [1.29, 1.82) is 0 Å². The molecule has 1 atom stereocenters. The van der Waals surface area contributed by atoms with Crippen molar-refractivity contribution in [3.8, 4) is 22.8 Å². The number of aromatic nitrogens is 1. The summed E-state index contributed by atoms with van der Waals surface area (Å²) < 4.78 is 34.0. The smallest absolute Gasteiger partial charge is 0.303 e. The van der Waals surface area contributed by atoms with E-state index in [1.165, 1.54) is 6.26 Å². The maximum absolute atomic E-state index is 11.2. The fourth-order valence-electron chi connectivity index (χ4n) is 3.85. The summed E-state index contributed by atoms with van der Waals surface area (Å²) in [6, 6.07) is 17.6. The van der Waals surface area contributed by atoms with E-state index in [1.807, 2.05) is 48.5 Å². The maximum atomic E-state index is 11.2. The van der Waals surface area contributed by atoms with E-state index in [9.17, 15) is 13.2 Å². The van der Waals surface area contributed by atoms with Crippen LogP contribution in [0, 0.1) is 0 Å². The lowest BCUT2D eigenvalue weighted by Crippen LogP contribution is -2.07. The average molecular weight is 514 g/mol. The number of ether oxygens (including phenoxy) is 2. The van der Waals surface area contributed by atoms with Crippen LogP contribution in [0.15, 0.2) is 65.7 Å². The second kappa shape index (κ2) is 11.1. The van der Waals surface area contributed by atoms with Gasteiger partial charge in [-0.1, -0.05) is 30.3 Å². The van der Waals surface area contributed by atoms with Gasteiger partial charge in [0.25, 0.3) is 0 Å². The van der Waals surface area contributed by atoms with E-state index in [4.69, 9.17) is 14.6 Å². The Morgan fingerprint density at radius 2 is 1.91 bits per heavy atom. The van der Waals surface area contributed by atoms with Crippen molar-refractivity contribution in [1.82, 2.24) is 4.98 Å². The van der Waals surface area contributed by atoms with Crippen LogP contribution in [0.5, 0.6) is 11.6 Å². The number of carboxylic acids is 1. The van der Waals surface area contributed by atoms with Crippen molar-refractivity contribution in [3.63, 3.8) is 0 Å². The molecule has 3 aromatic rings. The zero-order valence-corrected chi connectivity index (χ0v) is 21.0. The van der Waals surface area contributed by atoms with E-state index in [-0.39, 0.29) is 18.1 Å². The summed E-state index contributed by atoms with van der Waals surface area (Å²) in [5.41, 5.74) is 4.06. The zero-order chi connectivity index (χ0) is 24.8. The van der Waals surface area contributed by atoms with Gasteiger partial charge in [-0.05, 0) is 46.9 Å². The third-order valence-corrected chi connectivity index (χ3v) is 7.86. The number of nitrogens with zero attached hydrogens (tertiary/aromatic N) is 1. The first-order valence-corrected chi connectivity index (χ1v) is 14.3. The van der Waals surface area contributed by atoms with E-state index in [2.05, 4.69) is 11.1 Å². The number of sulfone groups is 1. The summed E-state index contributed by atoms with van der Waals surface area (Å²) in [6.07, 6.45) is 3.54. The van der Waals surface area contributed by atoms with Crippen LogP contribution in [0.4, 0.5) is 0 Å². The lowest BCUT2D eigenvalue weighted by Gasteiger charge is -2.10. The number of aliphatic carboxylic acids is 1. The number of hydrogen-bond donors (Lipinski definition) is 1. The van der Waals surface area contributed by atoms with Crippen LogP contribution in [0.3, 0.4) is 0 Å². The highest BCUT2D eigenvalue weighted by molar-refractivity contribution is 7.99. The molecular formula is C26H27NO6S2.